The number of rotatable bonds is 11. The summed E-state index contributed by atoms with van der Waals surface area (Å²) in [5.41, 5.74) is 0.269. The first kappa shape index (κ1) is 26.5. The number of likely N-dealkylation sites (tertiary alicyclic amines) is 1. The van der Waals surface area contributed by atoms with E-state index in [0.29, 0.717) is 64.7 Å². The summed E-state index contributed by atoms with van der Waals surface area (Å²) in [6.45, 7) is 5.34. The van der Waals surface area contributed by atoms with Crippen LogP contribution in [0.25, 0.3) is 0 Å². The summed E-state index contributed by atoms with van der Waals surface area (Å²) in [7, 11) is 0. The molecule has 1 aromatic carbocycles. The first-order chi connectivity index (χ1) is 17.5. The molecule has 1 saturated carbocycles. The Labute approximate surface area is 215 Å². The smallest absolute Gasteiger partial charge is 0.250 e. The SMILES string of the molecule is CCOCCCNC(=O)CN1CN(c2ccccc2)C2(CCN(C(=O)CCC3CCCC3)CC2)C1=O. The van der Waals surface area contributed by atoms with Gasteiger partial charge in [0.1, 0.15) is 12.1 Å². The summed E-state index contributed by atoms with van der Waals surface area (Å²) in [5.74, 6) is 0.768. The number of amides is 3. The van der Waals surface area contributed by atoms with E-state index in [4.69, 9.17) is 4.74 Å². The molecule has 1 aliphatic carbocycles. The number of anilines is 1. The van der Waals surface area contributed by atoms with Crippen molar-refractivity contribution in [2.24, 2.45) is 5.92 Å². The van der Waals surface area contributed by atoms with Gasteiger partial charge in [-0.2, -0.15) is 0 Å². The molecule has 1 aromatic rings. The van der Waals surface area contributed by atoms with Crippen molar-refractivity contribution in [2.75, 3.05) is 51.0 Å². The Kier molecular flexibility index (Phi) is 9.24. The third-order valence-electron chi connectivity index (χ3n) is 8.09. The second-order valence-electron chi connectivity index (χ2n) is 10.4. The second-order valence-corrected chi connectivity index (χ2v) is 10.4. The summed E-state index contributed by atoms with van der Waals surface area (Å²) in [5, 5.41) is 2.91. The number of carbonyl (C=O) groups excluding carboxylic acids is 3. The Morgan fingerprint density at radius 3 is 2.53 bits per heavy atom. The quantitative estimate of drug-likeness (QED) is 0.474. The molecule has 2 aliphatic heterocycles. The predicted molar refractivity (Wildman–Crippen MR) is 139 cm³/mol. The highest BCUT2D eigenvalue weighted by Crippen LogP contribution is 2.39. The van der Waals surface area contributed by atoms with E-state index in [1.54, 1.807) is 4.90 Å². The highest BCUT2D eigenvalue weighted by Gasteiger charge is 2.54. The molecule has 3 fully saturated rings. The minimum absolute atomic E-state index is 0.00567. The van der Waals surface area contributed by atoms with Gasteiger partial charge < -0.3 is 24.8 Å². The zero-order valence-corrected chi connectivity index (χ0v) is 21.8. The van der Waals surface area contributed by atoms with Gasteiger partial charge in [-0.15, -0.1) is 0 Å². The Hall–Kier alpha value is -2.61. The average molecular weight is 499 g/mol. The predicted octanol–water partition coefficient (Wildman–Crippen LogP) is 3.17. The van der Waals surface area contributed by atoms with Crippen LogP contribution in [0.1, 0.15) is 64.7 Å². The van der Waals surface area contributed by atoms with Crippen LogP contribution in [0.4, 0.5) is 5.69 Å². The summed E-state index contributed by atoms with van der Waals surface area (Å²) in [4.78, 5) is 45.1. The van der Waals surface area contributed by atoms with Crippen molar-refractivity contribution in [2.45, 2.75) is 70.3 Å². The third-order valence-corrected chi connectivity index (χ3v) is 8.09. The van der Waals surface area contributed by atoms with Crippen LogP contribution in [0, 0.1) is 5.92 Å². The number of hydrogen-bond acceptors (Lipinski definition) is 5. The topological polar surface area (TPSA) is 82.2 Å². The van der Waals surface area contributed by atoms with Gasteiger partial charge in [0.2, 0.25) is 11.8 Å². The van der Waals surface area contributed by atoms with Crippen LogP contribution in [0.15, 0.2) is 30.3 Å². The highest BCUT2D eigenvalue weighted by molar-refractivity contribution is 5.96. The Morgan fingerprint density at radius 1 is 1.11 bits per heavy atom. The van der Waals surface area contributed by atoms with Crippen LogP contribution < -0.4 is 10.2 Å². The fourth-order valence-corrected chi connectivity index (χ4v) is 6.01. The van der Waals surface area contributed by atoms with Gasteiger partial charge in [0.25, 0.3) is 5.91 Å². The molecule has 0 bridgehead atoms. The molecule has 198 valence electrons. The zero-order chi connectivity index (χ0) is 25.4. The first-order valence-corrected chi connectivity index (χ1v) is 13.8. The molecule has 0 atom stereocenters. The van der Waals surface area contributed by atoms with E-state index in [2.05, 4.69) is 10.2 Å². The lowest BCUT2D eigenvalue weighted by molar-refractivity contribution is -0.140. The lowest BCUT2D eigenvalue weighted by Gasteiger charge is -2.43. The molecule has 8 nitrogen and oxygen atoms in total. The molecule has 2 heterocycles. The van der Waals surface area contributed by atoms with Gasteiger partial charge in [-0.3, -0.25) is 14.4 Å². The summed E-state index contributed by atoms with van der Waals surface area (Å²) in [6.07, 6.45) is 8.63. The van der Waals surface area contributed by atoms with Crippen LogP contribution >= 0.6 is 0 Å². The fourth-order valence-electron chi connectivity index (χ4n) is 6.01. The van der Waals surface area contributed by atoms with Crippen molar-refractivity contribution in [1.82, 2.24) is 15.1 Å². The first-order valence-electron chi connectivity index (χ1n) is 13.8. The third kappa shape index (κ3) is 6.20. The normalized spacial score (nSPS) is 19.9. The number of nitrogens with one attached hydrogen (secondary N) is 1. The highest BCUT2D eigenvalue weighted by atomic mass is 16.5. The van der Waals surface area contributed by atoms with Crippen LogP contribution in [0.2, 0.25) is 0 Å². The Bertz CT molecular complexity index is 879. The summed E-state index contributed by atoms with van der Waals surface area (Å²) < 4.78 is 5.32. The van der Waals surface area contributed by atoms with E-state index in [-0.39, 0.29) is 24.3 Å². The maximum atomic E-state index is 13.8. The van der Waals surface area contributed by atoms with E-state index in [0.717, 1.165) is 18.5 Å². The van der Waals surface area contributed by atoms with Crippen molar-refractivity contribution in [3.63, 3.8) is 0 Å². The molecule has 0 radical (unpaired) electrons. The summed E-state index contributed by atoms with van der Waals surface area (Å²) >= 11 is 0. The van der Waals surface area contributed by atoms with E-state index in [1.807, 2.05) is 42.2 Å². The second kappa shape index (κ2) is 12.6. The summed E-state index contributed by atoms with van der Waals surface area (Å²) in [6, 6.07) is 9.95. The Balaban J connectivity index is 1.37. The molecular weight excluding hydrogens is 456 g/mol. The van der Waals surface area contributed by atoms with E-state index >= 15 is 0 Å². The van der Waals surface area contributed by atoms with Crippen molar-refractivity contribution < 1.29 is 19.1 Å². The number of para-hydroxylation sites is 1. The van der Waals surface area contributed by atoms with E-state index in [9.17, 15) is 14.4 Å². The molecule has 4 rings (SSSR count). The van der Waals surface area contributed by atoms with Gasteiger partial charge in [-0.25, -0.2) is 0 Å². The van der Waals surface area contributed by atoms with Crippen LogP contribution in [-0.2, 0) is 19.1 Å². The molecule has 0 unspecified atom stereocenters. The van der Waals surface area contributed by atoms with Gasteiger partial charge in [0, 0.05) is 45.0 Å². The van der Waals surface area contributed by atoms with E-state index < -0.39 is 5.54 Å². The number of piperidine rings is 1. The van der Waals surface area contributed by atoms with E-state index in [1.165, 1.54) is 25.7 Å². The molecule has 36 heavy (non-hydrogen) atoms. The van der Waals surface area contributed by atoms with Crippen molar-refractivity contribution >= 4 is 23.4 Å². The van der Waals surface area contributed by atoms with Crippen molar-refractivity contribution in [1.29, 1.82) is 0 Å². The maximum absolute atomic E-state index is 13.8. The number of ether oxygens (including phenoxy) is 1. The van der Waals surface area contributed by atoms with Gasteiger partial charge >= 0.3 is 0 Å². The lowest BCUT2D eigenvalue weighted by atomic mass is 9.85. The number of nitrogens with zero attached hydrogens (tertiary/aromatic N) is 3. The number of carbonyl (C=O) groups is 3. The fraction of sp³-hybridized carbons (Fsp3) is 0.679. The van der Waals surface area contributed by atoms with Gasteiger partial charge in [-0.1, -0.05) is 43.9 Å². The monoisotopic (exact) mass is 498 g/mol. The largest absolute Gasteiger partial charge is 0.382 e. The standard InChI is InChI=1S/C28H42N4O4/c1-2-36-20-8-17-29-25(33)21-31-22-32(24-11-4-3-5-12-24)28(27(31)35)15-18-30(19-16-28)26(34)14-13-23-9-6-7-10-23/h3-5,11-12,23H,2,6-10,13-22H2,1H3,(H,29,33). The van der Waals surface area contributed by atoms with Gasteiger partial charge in [0.05, 0.1) is 6.67 Å². The van der Waals surface area contributed by atoms with Crippen molar-refractivity contribution in [3.05, 3.63) is 30.3 Å². The average Bonchev–Trinajstić information content (AvgIpc) is 3.51. The van der Waals surface area contributed by atoms with Gasteiger partial charge in [-0.05, 0) is 50.7 Å². The number of benzene rings is 1. The van der Waals surface area contributed by atoms with Crippen LogP contribution in [0.3, 0.4) is 0 Å². The lowest BCUT2D eigenvalue weighted by Crippen LogP contribution is -2.57. The molecule has 8 heteroatoms. The molecule has 3 aliphatic rings. The molecular formula is C28H42N4O4. The Morgan fingerprint density at radius 2 is 1.83 bits per heavy atom. The zero-order valence-electron chi connectivity index (χ0n) is 21.8. The minimum Gasteiger partial charge on any atom is -0.382 e. The van der Waals surface area contributed by atoms with Gasteiger partial charge in [0.15, 0.2) is 0 Å². The number of hydrogen-bond donors (Lipinski definition) is 1. The molecule has 0 aromatic heterocycles. The molecule has 3 amide bonds. The van der Waals surface area contributed by atoms with Crippen LogP contribution in [0.5, 0.6) is 0 Å². The molecule has 1 N–H and O–H groups in total. The maximum Gasteiger partial charge on any atom is 0.250 e. The molecule has 2 saturated heterocycles. The minimum atomic E-state index is -0.709. The van der Waals surface area contributed by atoms with Crippen molar-refractivity contribution in [3.8, 4) is 0 Å². The molecule has 1 spiro atoms. The van der Waals surface area contributed by atoms with Crippen LogP contribution in [-0.4, -0.2) is 79.1 Å².